The van der Waals surface area contributed by atoms with Gasteiger partial charge in [0.25, 0.3) is 0 Å². The Morgan fingerprint density at radius 1 is 0.783 bits per heavy atom. The summed E-state index contributed by atoms with van der Waals surface area (Å²) in [5.41, 5.74) is 0.673. The molecule has 0 amide bonds. The van der Waals surface area contributed by atoms with Crippen molar-refractivity contribution in [3.63, 3.8) is 0 Å². The van der Waals surface area contributed by atoms with Crippen LogP contribution in [0.25, 0.3) is 32.7 Å². The van der Waals surface area contributed by atoms with Crippen LogP contribution in [-0.4, -0.2) is 12.7 Å². The molecule has 0 unspecified atom stereocenters. The van der Waals surface area contributed by atoms with Gasteiger partial charge < -0.3 is 9.68 Å². The van der Waals surface area contributed by atoms with Crippen molar-refractivity contribution < 1.29 is 16.5 Å². The SMILES string of the molecule is [2H]c1c([2H])c([2H])c(-c2c3ccccc3c(O[B]O)c3ccccc23)c([2H])c1[2H]. The van der Waals surface area contributed by atoms with E-state index in [2.05, 4.69) is 0 Å². The van der Waals surface area contributed by atoms with Crippen LogP contribution in [0.4, 0.5) is 0 Å². The van der Waals surface area contributed by atoms with Crippen LogP contribution < -0.4 is 4.65 Å². The molecule has 0 saturated carbocycles. The molecule has 0 aromatic heterocycles. The lowest BCUT2D eigenvalue weighted by molar-refractivity contribution is 0.459. The number of fused-ring (bicyclic) bond motifs is 2. The van der Waals surface area contributed by atoms with Gasteiger partial charge in [-0.2, -0.15) is 0 Å². The average Bonchev–Trinajstić information content (AvgIpc) is 2.72. The zero-order valence-corrected chi connectivity index (χ0v) is 12.1. The highest BCUT2D eigenvalue weighted by Gasteiger charge is 2.15. The predicted octanol–water partition coefficient (Wildman–Crippen LogP) is 4.57. The van der Waals surface area contributed by atoms with E-state index in [1.54, 1.807) is 12.1 Å². The second-order valence-electron chi connectivity index (χ2n) is 5.02. The van der Waals surface area contributed by atoms with Crippen molar-refractivity contribution in [3.8, 4) is 16.9 Å². The quantitative estimate of drug-likeness (QED) is 0.444. The summed E-state index contributed by atoms with van der Waals surface area (Å²) in [6, 6.07) is 12.8. The molecule has 2 nitrogen and oxygen atoms in total. The summed E-state index contributed by atoms with van der Waals surface area (Å²) in [5.74, 6) is 0.435. The van der Waals surface area contributed by atoms with Gasteiger partial charge in [-0.1, -0.05) is 78.7 Å². The monoisotopic (exact) mass is 302 g/mol. The van der Waals surface area contributed by atoms with E-state index in [0.29, 0.717) is 40.5 Å². The van der Waals surface area contributed by atoms with Gasteiger partial charge in [0.15, 0.2) is 0 Å². The molecule has 0 heterocycles. The normalized spacial score (nSPS) is 13.9. The van der Waals surface area contributed by atoms with Gasteiger partial charge in [-0.3, -0.25) is 0 Å². The molecule has 0 fully saturated rings. The lowest BCUT2D eigenvalue weighted by Crippen LogP contribution is -2.01. The van der Waals surface area contributed by atoms with Gasteiger partial charge in [-0.05, 0) is 21.9 Å². The predicted molar refractivity (Wildman–Crippen MR) is 95.5 cm³/mol. The molecule has 4 aromatic carbocycles. The Morgan fingerprint density at radius 2 is 1.30 bits per heavy atom. The smallest absolute Gasteiger partial charge is 0.537 e. The van der Waals surface area contributed by atoms with Crippen LogP contribution in [0.2, 0.25) is 0 Å². The van der Waals surface area contributed by atoms with Gasteiger partial charge in [-0.15, -0.1) is 0 Å². The Balaban J connectivity index is 2.28. The number of rotatable bonds is 3. The van der Waals surface area contributed by atoms with Crippen molar-refractivity contribution >= 4 is 29.2 Å². The van der Waals surface area contributed by atoms with Crippen LogP contribution in [0.1, 0.15) is 6.85 Å². The van der Waals surface area contributed by atoms with Crippen molar-refractivity contribution in [1.29, 1.82) is 0 Å². The largest absolute Gasteiger partial charge is 0.569 e. The lowest BCUT2D eigenvalue weighted by Gasteiger charge is -2.16. The first-order valence-corrected chi connectivity index (χ1v) is 7.10. The highest BCUT2D eigenvalue weighted by atomic mass is 16.5. The summed E-state index contributed by atoms with van der Waals surface area (Å²) in [5, 5.41) is 11.9. The standard InChI is InChI=1S/C20H14BO2/c22-21-23-20-17-12-6-4-10-15(17)19(14-8-2-1-3-9-14)16-11-5-7-13-18(16)20/h1-13,22H/i1D,2D,3D,8D,9D. The fourth-order valence-electron chi connectivity index (χ4n) is 2.91. The molecule has 0 atom stereocenters. The third kappa shape index (κ3) is 2.26. The Labute approximate surface area is 142 Å². The van der Waals surface area contributed by atoms with Gasteiger partial charge in [0.2, 0.25) is 0 Å². The maximum Gasteiger partial charge on any atom is 0.569 e. The summed E-state index contributed by atoms with van der Waals surface area (Å²) in [6.07, 6.45) is 0. The topological polar surface area (TPSA) is 29.5 Å². The Bertz CT molecular complexity index is 1160. The van der Waals surface area contributed by atoms with Crippen LogP contribution in [0.3, 0.4) is 0 Å². The average molecular weight is 302 g/mol. The van der Waals surface area contributed by atoms with Crippen molar-refractivity contribution in [3.05, 3.63) is 78.7 Å². The highest BCUT2D eigenvalue weighted by Crippen LogP contribution is 2.42. The summed E-state index contributed by atoms with van der Waals surface area (Å²) in [4.78, 5) is 0. The van der Waals surface area contributed by atoms with E-state index >= 15 is 0 Å². The van der Waals surface area contributed by atoms with Crippen LogP contribution >= 0.6 is 0 Å². The minimum Gasteiger partial charge on any atom is -0.537 e. The summed E-state index contributed by atoms with van der Waals surface area (Å²) < 4.78 is 46.1. The molecule has 0 bridgehead atoms. The molecule has 0 aliphatic heterocycles. The Morgan fingerprint density at radius 3 is 1.83 bits per heavy atom. The third-order valence-corrected chi connectivity index (χ3v) is 3.80. The van der Waals surface area contributed by atoms with Gasteiger partial charge in [-0.25, -0.2) is 0 Å². The zero-order chi connectivity index (χ0) is 20.0. The Hall–Kier alpha value is -2.78. The molecular formula is C20H14BO2. The molecular weight excluding hydrogens is 283 g/mol. The minimum atomic E-state index is -0.429. The van der Waals surface area contributed by atoms with Crippen molar-refractivity contribution in [1.82, 2.24) is 0 Å². The number of hydrogen-bond acceptors (Lipinski definition) is 2. The van der Waals surface area contributed by atoms with E-state index < -0.39 is 6.04 Å². The molecule has 3 heteroatoms. The molecule has 4 aromatic rings. The van der Waals surface area contributed by atoms with Crippen molar-refractivity contribution in [2.45, 2.75) is 0 Å². The molecule has 109 valence electrons. The van der Waals surface area contributed by atoms with E-state index in [4.69, 9.17) is 11.5 Å². The highest BCUT2D eigenvalue weighted by molar-refractivity contribution is 6.22. The van der Waals surface area contributed by atoms with Crippen LogP contribution in [0, 0.1) is 0 Å². The minimum absolute atomic E-state index is 0.137. The van der Waals surface area contributed by atoms with E-state index in [9.17, 15) is 5.02 Å². The second kappa shape index (κ2) is 5.78. The second-order valence-corrected chi connectivity index (χ2v) is 5.02. The van der Waals surface area contributed by atoms with Gasteiger partial charge >= 0.3 is 7.69 Å². The molecule has 1 radical (unpaired) electrons. The van der Waals surface area contributed by atoms with Gasteiger partial charge in [0.1, 0.15) is 5.75 Å². The van der Waals surface area contributed by atoms with Crippen molar-refractivity contribution in [2.75, 3.05) is 0 Å². The van der Waals surface area contributed by atoms with E-state index in [1.165, 1.54) is 0 Å². The molecule has 23 heavy (non-hydrogen) atoms. The van der Waals surface area contributed by atoms with E-state index in [0.717, 1.165) is 0 Å². The maximum atomic E-state index is 9.24. The maximum absolute atomic E-state index is 9.24. The van der Waals surface area contributed by atoms with Crippen LogP contribution in [-0.2, 0) is 0 Å². The first kappa shape index (κ1) is 9.38. The van der Waals surface area contributed by atoms with Crippen LogP contribution in [0.15, 0.2) is 78.7 Å². The lowest BCUT2D eigenvalue weighted by atomic mass is 9.91. The summed E-state index contributed by atoms with van der Waals surface area (Å²) >= 11 is 0. The zero-order valence-electron chi connectivity index (χ0n) is 17.1. The third-order valence-electron chi connectivity index (χ3n) is 3.80. The molecule has 1 N–H and O–H groups in total. The van der Waals surface area contributed by atoms with Gasteiger partial charge in [0.05, 0.1) is 6.85 Å². The first-order valence-electron chi connectivity index (χ1n) is 9.60. The van der Waals surface area contributed by atoms with Crippen LogP contribution in [0.5, 0.6) is 5.75 Å². The molecule has 0 aliphatic carbocycles. The van der Waals surface area contributed by atoms with E-state index in [1.807, 2.05) is 36.4 Å². The fourth-order valence-corrected chi connectivity index (χ4v) is 2.91. The Kier molecular flexibility index (Phi) is 2.36. The first-order chi connectivity index (χ1) is 13.5. The summed E-state index contributed by atoms with van der Waals surface area (Å²) in [6.45, 7) is 0. The molecule has 0 aliphatic rings. The molecule has 0 saturated heterocycles. The van der Waals surface area contributed by atoms with E-state index in [-0.39, 0.29) is 29.7 Å². The summed E-state index contributed by atoms with van der Waals surface area (Å²) in [7, 11) is 0.610. The van der Waals surface area contributed by atoms with Gasteiger partial charge in [0, 0.05) is 10.8 Å². The number of benzene rings is 4. The number of hydrogen-bond donors (Lipinski definition) is 1. The molecule has 4 rings (SSSR count). The van der Waals surface area contributed by atoms with Crippen molar-refractivity contribution in [2.24, 2.45) is 0 Å². The molecule has 0 spiro atoms. The fraction of sp³-hybridized carbons (Fsp3) is 0.